The van der Waals surface area contributed by atoms with E-state index < -0.39 is 0 Å². The van der Waals surface area contributed by atoms with Crippen LogP contribution in [0.1, 0.15) is 24.8 Å². The average molecular weight is 281 g/mol. The van der Waals surface area contributed by atoms with Crippen LogP contribution in [0.3, 0.4) is 0 Å². The van der Waals surface area contributed by atoms with Gasteiger partial charge in [0.05, 0.1) is 11.2 Å². The minimum Gasteiger partial charge on any atom is -0.334 e. The van der Waals surface area contributed by atoms with Gasteiger partial charge in [0.25, 0.3) is 0 Å². The van der Waals surface area contributed by atoms with Gasteiger partial charge in [-0.25, -0.2) is 4.79 Å². The molecule has 0 saturated heterocycles. The van der Waals surface area contributed by atoms with E-state index >= 15 is 0 Å². The van der Waals surface area contributed by atoms with Crippen molar-refractivity contribution in [2.45, 2.75) is 26.2 Å². The molecule has 2 amide bonds. The third kappa shape index (κ3) is 3.05. The largest absolute Gasteiger partial charge is 0.334 e. The van der Waals surface area contributed by atoms with Crippen molar-refractivity contribution in [1.29, 1.82) is 0 Å². The quantitative estimate of drug-likeness (QED) is 0.841. The number of aromatic nitrogens is 1. The van der Waals surface area contributed by atoms with Crippen molar-refractivity contribution >= 4 is 22.6 Å². The van der Waals surface area contributed by atoms with Crippen molar-refractivity contribution in [3.05, 3.63) is 47.7 Å². The summed E-state index contributed by atoms with van der Waals surface area (Å²) in [6, 6.07) is 7.64. The van der Waals surface area contributed by atoms with Crippen molar-refractivity contribution in [3.63, 3.8) is 0 Å². The van der Waals surface area contributed by atoms with Crippen LogP contribution in [0.25, 0.3) is 10.9 Å². The van der Waals surface area contributed by atoms with E-state index in [1.54, 1.807) is 6.20 Å². The van der Waals surface area contributed by atoms with E-state index in [2.05, 4.69) is 21.7 Å². The van der Waals surface area contributed by atoms with Crippen molar-refractivity contribution in [3.8, 4) is 0 Å². The number of aryl methyl sites for hydroxylation is 1. The molecule has 0 radical (unpaired) electrons. The molecule has 1 aromatic carbocycles. The van der Waals surface area contributed by atoms with Crippen LogP contribution in [0.2, 0.25) is 0 Å². The number of carbonyl (C=O) groups excluding carboxylic acids is 1. The molecule has 1 heterocycles. The van der Waals surface area contributed by atoms with E-state index in [4.69, 9.17) is 0 Å². The number of rotatable bonds is 3. The van der Waals surface area contributed by atoms with Gasteiger partial charge in [-0.1, -0.05) is 17.7 Å². The summed E-state index contributed by atoms with van der Waals surface area (Å²) in [6.45, 7) is 2.62. The van der Waals surface area contributed by atoms with Gasteiger partial charge in [0.1, 0.15) is 0 Å². The lowest BCUT2D eigenvalue weighted by molar-refractivity contribution is 0.253. The molecular formula is C17H19N3O. The number of nitrogens with zero attached hydrogens (tertiary/aromatic N) is 1. The molecule has 0 unspecified atom stereocenters. The fourth-order valence-corrected chi connectivity index (χ4v) is 2.68. The zero-order chi connectivity index (χ0) is 14.7. The molecule has 0 aliphatic heterocycles. The summed E-state index contributed by atoms with van der Waals surface area (Å²) in [5.74, 6) is 0. The van der Waals surface area contributed by atoms with Gasteiger partial charge in [0, 0.05) is 18.1 Å². The summed E-state index contributed by atoms with van der Waals surface area (Å²) < 4.78 is 0. The van der Waals surface area contributed by atoms with E-state index in [1.807, 2.05) is 31.2 Å². The number of carbonyl (C=O) groups is 1. The van der Waals surface area contributed by atoms with Gasteiger partial charge < -0.3 is 10.6 Å². The Morgan fingerprint density at radius 3 is 3.05 bits per heavy atom. The van der Waals surface area contributed by atoms with Gasteiger partial charge in [-0.2, -0.15) is 0 Å². The Balaban J connectivity index is 1.74. The standard InChI is InChI=1S/C17H19N3O/c1-12-8-9-15-14(7-4-10-18-15)16(12)20-17(21)19-11-13-5-2-3-6-13/h4-5,7-10H,2-3,6,11H2,1H3,(H2,19,20,21). The van der Waals surface area contributed by atoms with Gasteiger partial charge in [-0.05, 0) is 49.9 Å². The fourth-order valence-electron chi connectivity index (χ4n) is 2.68. The van der Waals surface area contributed by atoms with Crippen molar-refractivity contribution in [1.82, 2.24) is 10.3 Å². The summed E-state index contributed by atoms with van der Waals surface area (Å²) in [4.78, 5) is 16.4. The van der Waals surface area contributed by atoms with E-state index in [0.29, 0.717) is 6.54 Å². The predicted octanol–water partition coefficient (Wildman–Crippen LogP) is 3.78. The molecule has 0 fully saturated rings. The molecule has 21 heavy (non-hydrogen) atoms. The molecule has 2 N–H and O–H groups in total. The second-order valence-electron chi connectivity index (χ2n) is 5.39. The maximum atomic E-state index is 12.1. The number of fused-ring (bicyclic) bond motifs is 1. The van der Waals surface area contributed by atoms with E-state index in [0.717, 1.165) is 35.0 Å². The number of urea groups is 1. The van der Waals surface area contributed by atoms with Crippen molar-refractivity contribution in [2.24, 2.45) is 0 Å². The van der Waals surface area contributed by atoms with Crippen LogP contribution in [0, 0.1) is 6.92 Å². The molecular weight excluding hydrogens is 262 g/mol. The number of benzene rings is 1. The first-order valence-corrected chi connectivity index (χ1v) is 7.31. The molecule has 3 rings (SSSR count). The highest BCUT2D eigenvalue weighted by atomic mass is 16.2. The lowest BCUT2D eigenvalue weighted by Gasteiger charge is -2.12. The zero-order valence-corrected chi connectivity index (χ0v) is 12.1. The third-order valence-electron chi connectivity index (χ3n) is 3.84. The predicted molar refractivity (Wildman–Crippen MR) is 85.4 cm³/mol. The van der Waals surface area contributed by atoms with Gasteiger partial charge >= 0.3 is 6.03 Å². The fraction of sp³-hybridized carbons (Fsp3) is 0.294. The van der Waals surface area contributed by atoms with Crippen molar-refractivity contribution in [2.75, 3.05) is 11.9 Å². The minimum absolute atomic E-state index is 0.165. The summed E-state index contributed by atoms with van der Waals surface area (Å²) >= 11 is 0. The lowest BCUT2D eigenvalue weighted by atomic mass is 10.1. The smallest absolute Gasteiger partial charge is 0.319 e. The molecule has 4 nitrogen and oxygen atoms in total. The molecule has 0 bridgehead atoms. The van der Waals surface area contributed by atoms with Crippen LogP contribution in [0.4, 0.5) is 10.5 Å². The second-order valence-corrected chi connectivity index (χ2v) is 5.39. The van der Waals surface area contributed by atoms with Crippen LogP contribution < -0.4 is 10.6 Å². The topological polar surface area (TPSA) is 54.0 Å². The van der Waals surface area contributed by atoms with Crippen molar-refractivity contribution < 1.29 is 4.79 Å². The number of hydrogen-bond donors (Lipinski definition) is 2. The first-order valence-electron chi connectivity index (χ1n) is 7.31. The molecule has 0 saturated carbocycles. The number of pyridine rings is 1. The number of amides is 2. The maximum absolute atomic E-state index is 12.1. The highest BCUT2D eigenvalue weighted by molar-refractivity contribution is 6.01. The van der Waals surface area contributed by atoms with E-state index in [9.17, 15) is 4.79 Å². The normalized spacial score (nSPS) is 14.0. The summed E-state index contributed by atoms with van der Waals surface area (Å²) in [5, 5.41) is 6.85. The summed E-state index contributed by atoms with van der Waals surface area (Å²) in [7, 11) is 0. The van der Waals surface area contributed by atoms with E-state index in [1.165, 1.54) is 12.0 Å². The van der Waals surface area contributed by atoms with Crippen LogP contribution in [-0.4, -0.2) is 17.6 Å². The SMILES string of the molecule is Cc1ccc2ncccc2c1NC(=O)NCC1=CCCC1. The molecule has 1 aromatic heterocycles. The van der Waals surface area contributed by atoms with Crippen LogP contribution in [0.15, 0.2) is 42.1 Å². The Morgan fingerprint density at radius 2 is 2.24 bits per heavy atom. The minimum atomic E-state index is -0.165. The molecule has 1 aliphatic rings. The monoisotopic (exact) mass is 281 g/mol. The van der Waals surface area contributed by atoms with Gasteiger partial charge in [0.15, 0.2) is 0 Å². The first kappa shape index (κ1) is 13.6. The molecule has 2 aromatic rings. The zero-order valence-electron chi connectivity index (χ0n) is 12.1. The van der Waals surface area contributed by atoms with Gasteiger partial charge in [0.2, 0.25) is 0 Å². The summed E-state index contributed by atoms with van der Waals surface area (Å²) in [5.41, 5.74) is 4.07. The van der Waals surface area contributed by atoms with Gasteiger partial charge in [-0.3, -0.25) is 4.98 Å². The highest BCUT2D eigenvalue weighted by Gasteiger charge is 2.10. The molecule has 1 aliphatic carbocycles. The molecule has 0 atom stereocenters. The van der Waals surface area contributed by atoms with Crippen LogP contribution in [0.5, 0.6) is 0 Å². The Kier molecular flexibility index (Phi) is 3.86. The van der Waals surface area contributed by atoms with Crippen LogP contribution in [-0.2, 0) is 0 Å². The number of hydrogen-bond acceptors (Lipinski definition) is 2. The molecule has 108 valence electrons. The first-order chi connectivity index (χ1) is 10.2. The molecule has 4 heteroatoms. The second kappa shape index (κ2) is 5.95. The van der Waals surface area contributed by atoms with Crippen LogP contribution >= 0.6 is 0 Å². The molecule has 0 spiro atoms. The number of nitrogens with one attached hydrogen (secondary N) is 2. The highest BCUT2D eigenvalue weighted by Crippen LogP contribution is 2.25. The Bertz CT molecular complexity index is 706. The maximum Gasteiger partial charge on any atom is 0.319 e. The van der Waals surface area contributed by atoms with E-state index in [-0.39, 0.29) is 6.03 Å². The summed E-state index contributed by atoms with van der Waals surface area (Å²) in [6.07, 6.45) is 7.40. The Hall–Kier alpha value is -2.36. The lowest BCUT2D eigenvalue weighted by Crippen LogP contribution is -2.30. The number of anilines is 1. The average Bonchev–Trinajstić information content (AvgIpc) is 3.01. The Labute approximate surface area is 124 Å². The Morgan fingerprint density at radius 1 is 1.33 bits per heavy atom. The van der Waals surface area contributed by atoms with Gasteiger partial charge in [-0.15, -0.1) is 0 Å². The number of allylic oxidation sites excluding steroid dienone is 1. The third-order valence-corrected chi connectivity index (χ3v) is 3.84.